The average Bonchev–Trinajstić information content (AvgIpc) is 3.05. The van der Waals surface area contributed by atoms with Gasteiger partial charge in [-0.05, 0) is 77.3 Å². The molecule has 0 fully saturated rings. The fourth-order valence-electron chi connectivity index (χ4n) is 4.77. The number of aryl methyl sites for hydroxylation is 3. The maximum Gasteiger partial charge on any atom is 0.338 e. The summed E-state index contributed by atoms with van der Waals surface area (Å²) < 4.78 is 21.4. The highest BCUT2D eigenvalue weighted by Crippen LogP contribution is 2.34. The zero-order chi connectivity index (χ0) is 32.8. The quantitative estimate of drug-likeness (QED) is 0.0690. The van der Waals surface area contributed by atoms with Crippen LogP contribution in [0.3, 0.4) is 0 Å². The van der Waals surface area contributed by atoms with E-state index in [2.05, 4.69) is 64.3 Å². The molecule has 0 radical (unpaired) electrons. The van der Waals surface area contributed by atoms with Crippen molar-refractivity contribution in [1.82, 2.24) is 0 Å². The molecule has 0 aromatic heterocycles. The van der Waals surface area contributed by atoms with E-state index in [9.17, 15) is 9.59 Å². The summed E-state index contributed by atoms with van der Waals surface area (Å²) in [6, 6.07) is 18.1. The standard InChI is InChI=1S/C37H44O8/c1-6-8-9-10-11-29-12-13-31(16-25(29)3)35-15-14-30(17-28(35)7-2)32-18-33(42-23-44-36(40)26(4)21-38)20-34(19-32)43-24-45-37(41)27(5)22-39/h12-20,38-39H,4-11,21-24H2,1-3H3. The van der Waals surface area contributed by atoms with Crippen LogP contribution < -0.4 is 9.47 Å². The van der Waals surface area contributed by atoms with Gasteiger partial charge >= 0.3 is 11.9 Å². The van der Waals surface area contributed by atoms with Crippen LogP contribution in [0.4, 0.5) is 0 Å². The second-order valence-electron chi connectivity index (χ2n) is 10.8. The van der Waals surface area contributed by atoms with Gasteiger partial charge in [-0.2, -0.15) is 0 Å². The molecule has 0 aliphatic rings. The molecule has 0 spiro atoms. The van der Waals surface area contributed by atoms with Crippen molar-refractivity contribution >= 4 is 11.9 Å². The number of unbranched alkanes of at least 4 members (excludes halogenated alkanes) is 3. The number of carbonyl (C=O) groups excluding carboxylic acids is 2. The van der Waals surface area contributed by atoms with Crippen molar-refractivity contribution in [3.05, 3.63) is 95.6 Å². The molecule has 0 amide bonds. The highest BCUT2D eigenvalue weighted by Gasteiger charge is 2.13. The number of hydrogen-bond acceptors (Lipinski definition) is 8. The van der Waals surface area contributed by atoms with Crippen molar-refractivity contribution in [3.63, 3.8) is 0 Å². The number of rotatable bonds is 18. The number of carbonyl (C=O) groups is 2. The summed E-state index contributed by atoms with van der Waals surface area (Å²) in [5, 5.41) is 18.2. The van der Waals surface area contributed by atoms with E-state index in [4.69, 9.17) is 29.2 Å². The zero-order valence-corrected chi connectivity index (χ0v) is 26.5. The van der Waals surface area contributed by atoms with Gasteiger partial charge in [-0.15, -0.1) is 0 Å². The number of benzene rings is 3. The predicted molar refractivity (Wildman–Crippen MR) is 175 cm³/mol. The first-order chi connectivity index (χ1) is 21.7. The molecule has 2 N–H and O–H groups in total. The second-order valence-corrected chi connectivity index (χ2v) is 10.8. The van der Waals surface area contributed by atoms with Gasteiger partial charge in [0.2, 0.25) is 13.6 Å². The normalized spacial score (nSPS) is 10.7. The monoisotopic (exact) mass is 616 g/mol. The summed E-state index contributed by atoms with van der Waals surface area (Å²) in [4.78, 5) is 23.7. The van der Waals surface area contributed by atoms with Gasteiger partial charge in [0, 0.05) is 6.07 Å². The Kier molecular flexibility index (Phi) is 13.9. The smallest absolute Gasteiger partial charge is 0.338 e. The lowest BCUT2D eigenvalue weighted by molar-refractivity contribution is -0.146. The summed E-state index contributed by atoms with van der Waals surface area (Å²) in [6.07, 6.45) is 6.88. The van der Waals surface area contributed by atoms with E-state index in [-0.39, 0.29) is 11.1 Å². The van der Waals surface area contributed by atoms with Crippen molar-refractivity contribution in [2.24, 2.45) is 0 Å². The lowest BCUT2D eigenvalue weighted by Crippen LogP contribution is -2.14. The molecule has 0 unspecified atom stereocenters. The Morgan fingerprint density at radius 3 is 1.82 bits per heavy atom. The molecule has 0 aliphatic carbocycles. The van der Waals surface area contributed by atoms with Crippen LogP contribution in [0, 0.1) is 6.92 Å². The summed E-state index contributed by atoms with van der Waals surface area (Å²) in [6.45, 7) is 11.5. The first-order valence-corrected chi connectivity index (χ1v) is 15.3. The predicted octanol–water partition coefficient (Wildman–Crippen LogP) is 6.87. The Morgan fingerprint density at radius 1 is 0.689 bits per heavy atom. The van der Waals surface area contributed by atoms with Gasteiger partial charge in [-0.25, -0.2) is 9.59 Å². The van der Waals surface area contributed by atoms with Crippen LogP contribution in [0.15, 0.2) is 78.9 Å². The fraction of sp³-hybridized carbons (Fsp3) is 0.351. The van der Waals surface area contributed by atoms with E-state index in [1.807, 2.05) is 6.07 Å². The SMILES string of the molecule is C=C(CO)C(=O)OCOc1cc(OCOC(=O)C(=C)CO)cc(-c2ccc(-c3ccc(CCCCCC)c(C)c3)c(CC)c2)c1. The minimum atomic E-state index is -0.774. The highest BCUT2D eigenvalue weighted by atomic mass is 16.7. The van der Waals surface area contributed by atoms with E-state index in [1.54, 1.807) is 18.2 Å². The van der Waals surface area contributed by atoms with Gasteiger partial charge < -0.3 is 29.2 Å². The van der Waals surface area contributed by atoms with Gasteiger partial charge in [-0.3, -0.25) is 0 Å². The molecular formula is C37H44O8. The maximum absolute atomic E-state index is 11.9. The first-order valence-electron chi connectivity index (χ1n) is 15.3. The molecule has 0 heterocycles. The van der Waals surface area contributed by atoms with Gasteiger partial charge in [-0.1, -0.05) is 82.7 Å². The Morgan fingerprint density at radius 2 is 1.29 bits per heavy atom. The Balaban J connectivity index is 1.87. The Labute approximate surface area is 265 Å². The molecule has 0 atom stereocenters. The van der Waals surface area contributed by atoms with E-state index < -0.39 is 38.7 Å². The van der Waals surface area contributed by atoms with E-state index >= 15 is 0 Å². The third-order valence-corrected chi connectivity index (χ3v) is 7.44. The topological polar surface area (TPSA) is 112 Å². The van der Waals surface area contributed by atoms with Crippen LogP contribution >= 0.6 is 0 Å². The van der Waals surface area contributed by atoms with E-state index in [1.165, 1.54) is 47.9 Å². The third-order valence-electron chi connectivity index (χ3n) is 7.44. The maximum atomic E-state index is 11.9. The Hall–Kier alpha value is -4.40. The number of hydrogen-bond donors (Lipinski definition) is 2. The molecule has 3 aromatic rings. The number of ether oxygens (including phenoxy) is 4. The summed E-state index contributed by atoms with van der Waals surface area (Å²) in [5.74, 6) is -0.875. The molecular weight excluding hydrogens is 572 g/mol. The van der Waals surface area contributed by atoms with Gasteiger partial charge in [0.05, 0.1) is 24.4 Å². The molecule has 0 saturated heterocycles. The van der Waals surface area contributed by atoms with Crippen LogP contribution in [0.2, 0.25) is 0 Å². The second kappa shape index (κ2) is 17.8. The van der Waals surface area contributed by atoms with E-state index in [0.29, 0.717) is 11.5 Å². The molecule has 8 nitrogen and oxygen atoms in total. The third kappa shape index (κ3) is 10.3. The molecule has 8 heteroatoms. The van der Waals surface area contributed by atoms with Crippen LogP contribution in [0.25, 0.3) is 22.3 Å². The summed E-state index contributed by atoms with van der Waals surface area (Å²) in [7, 11) is 0. The molecule has 240 valence electrons. The first kappa shape index (κ1) is 35.1. The largest absolute Gasteiger partial charge is 0.457 e. The van der Waals surface area contributed by atoms with E-state index in [0.717, 1.165) is 29.5 Å². The number of aliphatic hydroxyl groups excluding tert-OH is 2. The van der Waals surface area contributed by atoms with Crippen LogP contribution in [-0.4, -0.2) is 49.0 Å². The van der Waals surface area contributed by atoms with Crippen LogP contribution in [0.1, 0.15) is 56.2 Å². The Bertz CT molecular complexity index is 1440. The van der Waals surface area contributed by atoms with Crippen molar-refractivity contribution in [3.8, 4) is 33.8 Å². The van der Waals surface area contributed by atoms with Crippen molar-refractivity contribution in [2.45, 2.75) is 59.3 Å². The lowest BCUT2D eigenvalue weighted by Gasteiger charge is -2.16. The van der Waals surface area contributed by atoms with Gasteiger partial charge in [0.15, 0.2) is 0 Å². The van der Waals surface area contributed by atoms with Crippen LogP contribution in [0.5, 0.6) is 11.5 Å². The minimum Gasteiger partial charge on any atom is -0.457 e. The highest BCUT2D eigenvalue weighted by molar-refractivity contribution is 5.88. The molecule has 0 saturated carbocycles. The molecule has 0 bridgehead atoms. The molecule has 45 heavy (non-hydrogen) atoms. The zero-order valence-electron chi connectivity index (χ0n) is 26.5. The number of aliphatic hydroxyl groups is 2. The summed E-state index contributed by atoms with van der Waals surface area (Å²) in [5.41, 5.74) is 7.69. The fourth-order valence-corrected chi connectivity index (χ4v) is 4.77. The average molecular weight is 617 g/mol. The lowest BCUT2D eigenvalue weighted by atomic mass is 9.91. The molecule has 3 aromatic carbocycles. The van der Waals surface area contributed by atoms with Gasteiger partial charge in [0.1, 0.15) is 11.5 Å². The molecule has 0 aliphatic heterocycles. The summed E-state index contributed by atoms with van der Waals surface area (Å²) >= 11 is 0. The van der Waals surface area contributed by atoms with Gasteiger partial charge in [0.25, 0.3) is 0 Å². The molecule has 3 rings (SSSR count). The number of esters is 2. The van der Waals surface area contributed by atoms with Crippen molar-refractivity contribution in [2.75, 3.05) is 26.8 Å². The van der Waals surface area contributed by atoms with Crippen molar-refractivity contribution < 1.29 is 38.7 Å². The van der Waals surface area contributed by atoms with Crippen molar-refractivity contribution in [1.29, 1.82) is 0 Å². The van der Waals surface area contributed by atoms with Crippen LogP contribution in [-0.2, 0) is 31.9 Å². The minimum absolute atomic E-state index is 0.0911.